The maximum atomic E-state index is 14.8. The molecule has 7 nitrogen and oxygen atoms in total. The second-order valence-corrected chi connectivity index (χ2v) is 8.06. The monoisotopic (exact) mass is 448 g/mol. The largest absolute Gasteiger partial charge is 0.372 e. The van der Waals surface area contributed by atoms with Gasteiger partial charge in [0.1, 0.15) is 5.82 Å². The van der Waals surface area contributed by atoms with Crippen molar-refractivity contribution in [1.82, 2.24) is 4.98 Å². The van der Waals surface area contributed by atoms with Crippen molar-refractivity contribution < 1.29 is 18.7 Å². The van der Waals surface area contributed by atoms with E-state index in [9.17, 15) is 14.0 Å². The molecule has 0 aliphatic carbocycles. The number of ether oxygens (including phenoxy) is 1. The summed E-state index contributed by atoms with van der Waals surface area (Å²) < 4.78 is 20.5. The second-order valence-electron chi connectivity index (χ2n) is 8.06. The first-order valence-electron chi connectivity index (χ1n) is 10.7. The van der Waals surface area contributed by atoms with Gasteiger partial charge >= 0.3 is 0 Å². The SMILES string of the molecule is CC1CN(c2ccc(NC(=O)c3cccc(NC(=O)c4cccnc4)c3)cc2F)CC(C)O1. The zero-order chi connectivity index (χ0) is 23.4. The summed E-state index contributed by atoms with van der Waals surface area (Å²) in [5, 5.41) is 5.46. The lowest BCUT2D eigenvalue weighted by molar-refractivity contribution is -0.00539. The molecule has 1 fully saturated rings. The van der Waals surface area contributed by atoms with Gasteiger partial charge in [-0.2, -0.15) is 0 Å². The van der Waals surface area contributed by atoms with Crippen LogP contribution in [-0.2, 0) is 4.74 Å². The van der Waals surface area contributed by atoms with Crippen LogP contribution in [0.25, 0.3) is 0 Å². The summed E-state index contributed by atoms with van der Waals surface area (Å²) in [5.74, 6) is -1.15. The number of morpholine rings is 1. The molecule has 1 aliphatic rings. The number of carbonyl (C=O) groups is 2. The normalized spacial score (nSPS) is 18.0. The zero-order valence-electron chi connectivity index (χ0n) is 18.4. The molecule has 8 heteroatoms. The lowest BCUT2D eigenvalue weighted by Crippen LogP contribution is -2.45. The third kappa shape index (κ3) is 5.53. The van der Waals surface area contributed by atoms with E-state index >= 15 is 0 Å². The molecule has 3 aromatic rings. The molecule has 1 aliphatic heterocycles. The quantitative estimate of drug-likeness (QED) is 0.607. The maximum absolute atomic E-state index is 14.8. The molecule has 2 atom stereocenters. The fourth-order valence-corrected chi connectivity index (χ4v) is 3.86. The molecular weight excluding hydrogens is 423 g/mol. The molecule has 0 spiro atoms. The average molecular weight is 448 g/mol. The van der Waals surface area contributed by atoms with Crippen LogP contribution in [0.2, 0.25) is 0 Å². The van der Waals surface area contributed by atoms with Crippen LogP contribution in [0.15, 0.2) is 67.0 Å². The van der Waals surface area contributed by atoms with Crippen molar-refractivity contribution in [1.29, 1.82) is 0 Å². The molecule has 2 N–H and O–H groups in total. The Morgan fingerprint density at radius 3 is 2.27 bits per heavy atom. The number of pyridine rings is 1. The van der Waals surface area contributed by atoms with E-state index in [0.717, 1.165) is 0 Å². The van der Waals surface area contributed by atoms with Gasteiger partial charge in [-0.05, 0) is 62.4 Å². The average Bonchev–Trinajstić information content (AvgIpc) is 2.79. The minimum Gasteiger partial charge on any atom is -0.372 e. The van der Waals surface area contributed by atoms with Crippen molar-refractivity contribution in [3.8, 4) is 0 Å². The van der Waals surface area contributed by atoms with Crippen molar-refractivity contribution in [3.63, 3.8) is 0 Å². The molecule has 1 saturated heterocycles. The molecule has 33 heavy (non-hydrogen) atoms. The van der Waals surface area contributed by atoms with E-state index in [0.29, 0.717) is 41.3 Å². The lowest BCUT2D eigenvalue weighted by Gasteiger charge is -2.37. The van der Waals surface area contributed by atoms with Crippen LogP contribution in [0.5, 0.6) is 0 Å². The van der Waals surface area contributed by atoms with Gasteiger partial charge in [0, 0.05) is 42.4 Å². The van der Waals surface area contributed by atoms with Crippen molar-refractivity contribution >= 4 is 28.9 Å². The Kier molecular flexibility index (Phi) is 6.65. The van der Waals surface area contributed by atoms with Gasteiger partial charge in [0.05, 0.1) is 23.5 Å². The van der Waals surface area contributed by atoms with Crippen LogP contribution in [0.4, 0.5) is 21.5 Å². The number of hydrogen-bond acceptors (Lipinski definition) is 5. The minimum atomic E-state index is -0.411. The van der Waals surface area contributed by atoms with E-state index in [-0.39, 0.29) is 18.1 Å². The summed E-state index contributed by atoms with van der Waals surface area (Å²) in [5.41, 5.74) is 2.04. The highest BCUT2D eigenvalue weighted by molar-refractivity contribution is 6.07. The predicted octanol–water partition coefficient (Wildman–Crippen LogP) is 4.34. The Balaban J connectivity index is 1.43. The first-order valence-corrected chi connectivity index (χ1v) is 10.7. The summed E-state index contributed by atoms with van der Waals surface area (Å²) in [7, 11) is 0. The summed E-state index contributed by atoms with van der Waals surface area (Å²) in [6.07, 6.45) is 3.07. The van der Waals surface area contributed by atoms with E-state index in [1.54, 1.807) is 54.7 Å². The standard InChI is InChI=1S/C25H25FN4O3/c1-16-14-30(15-17(2)33-16)23-9-8-21(12-22(23)26)29-24(31)18-5-3-7-20(11-18)28-25(32)19-6-4-10-27-13-19/h3-13,16-17H,14-15H2,1-2H3,(H,28,32)(H,29,31). The Morgan fingerprint density at radius 1 is 0.939 bits per heavy atom. The van der Waals surface area contributed by atoms with Crippen LogP contribution in [0, 0.1) is 5.82 Å². The van der Waals surface area contributed by atoms with E-state index in [4.69, 9.17) is 4.74 Å². The first-order chi connectivity index (χ1) is 15.9. The predicted molar refractivity (Wildman–Crippen MR) is 125 cm³/mol. The van der Waals surface area contributed by atoms with E-state index in [1.807, 2.05) is 18.7 Å². The number of anilines is 3. The van der Waals surface area contributed by atoms with E-state index in [1.165, 1.54) is 12.3 Å². The number of nitrogens with one attached hydrogen (secondary N) is 2. The van der Waals surface area contributed by atoms with Gasteiger partial charge in [0.15, 0.2) is 0 Å². The summed E-state index contributed by atoms with van der Waals surface area (Å²) in [6.45, 7) is 5.12. The van der Waals surface area contributed by atoms with Gasteiger partial charge in [0.2, 0.25) is 0 Å². The van der Waals surface area contributed by atoms with Crippen LogP contribution in [0.3, 0.4) is 0 Å². The highest BCUT2D eigenvalue weighted by Gasteiger charge is 2.24. The van der Waals surface area contributed by atoms with Gasteiger partial charge in [-0.15, -0.1) is 0 Å². The van der Waals surface area contributed by atoms with Crippen molar-refractivity contribution in [2.45, 2.75) is 26.1 Å². The molecule has 0 bridgehead atoms. The Labute approximate surface area is 191 Å². The molecule has 2 unspecified atom stereocenters. The summed E-state index contributed by atoms with van der Waals surface area (Å²) in [4.78, 5) is 30.9. The topological polar surface area (TPSA) is 83.6 Å². The number of benzene rings is 2. The van der Waals surface area contributed by atoms with Gasteiger partial charge < -0.3 is 20.3 Å². The minimum absolute atomic E-state index is 0.0125. The number of carbonyl (C=O) groups excluding carboxylic acids is 2. The van der Waals surface area contributed by atoms with Crippen LogP contribution < -0.4 is 15.5 Å². The third-order valence-corrected chi connectivity index (χ3v) is 5.27. The molecule has 2 aromatic carbocycles. The first kappa shape index (κ1) is 22.4. The Morgan fingerprint density at radius 2 is 1.61 bits per heavy atom. The summed E-state index contributed by atoms with van der Waals surface area (Å²) >= 11 is 0. The number of amides is 2. The van der Waals surface area contributed by atoms with Gasteiger partial charge in [-0.1, -0.05) is 6.07 Å². The van der Waals surface area contributed by atoms with Crippen LogP contribution in [-0.4, -0.2) is 42.1 Å². The molecule has 0 saturated carbocycles. The van der Waals surface area contributed by atoms with Gasteiger partial charge in [0.25, 0.3) is 11.8 Å². The highest BCUT2D eigenvalue weighted by Crippen LogP contribution is 2.26. The summed E-state index contributed by atoms with van der Waals surface area (Å²) in [6, 6.07) is 14.5. The smallest absolute Gasteiger partial charge is 0.257 e. The molecule has 0 radical (unpaired) electrons. The number of hydrogen-bond donors (Lipinski definition) is 2. The lowest BCUT2D eigenvalue weighted by atomic mass is 10.1. The number of rotatable bonds is 5. The van der Waals surface area contributed by atoms with Crippen molar-refractivity contribution in [2.24, 2.45) is 0 Å². The zero-order valence-corrected chi connectivity index (χ0v) is 18.4. The maximum Gasteiger partial charge on any atom is 0.257 e. The number of halogens is 1. The fraction of sp³-hybridized carbons (Fsp3) is 0.240. The number of aromatic nitrogens is 1. The van der Waals surface area contributed by atoms with Crippen LogP contribution in [0.1, 0.15) is 34.6 Å². The fourth-order valence-electron chi connectivity index (χ4n) is 3.86. The Hall–Kier alpha value is -3.78. The molecule has 2 amide bonds. The molecule has 170 valence electrons. The second kappa shape index (κ2) is 9.79. The molecule has 1 aromatic heterocycles. The molecule has 2 heterocycles. The Bertz CT molecular complexity index is 1150. The van der Waals surface area contributed by atoms with Gasteiger partial charge in [-0.3, -0.25) is 14.6 Å². The van der Waals surface area contributed by atoms with E-state index in [2.05, 4.69) is 15.6 Å². The van der Waals surface area contributed by atoms with Crippen LogP contribution >= 0.6 is 0 Å². The van der Waals surface area contributed by atoms with Gasteiger partial charge in [-0.25, -0.2) is 4.39 Å². The third-order valence-electron chi connectivity index (χ3n) is 5.27. The van der Waals surface area contributed by atoms with Crippen molar-refractivity contribution in [2.75, 3.05) is 28.6 Å². The number of nitrogens with zero attached hydrogens (tertiary/aromatic N) is 2. The molecular formula is C25H25FN4O3. The van der Waals surface area contributed by atoms with E-state index < -0.39 is 11.7 Å². The highest BCUT2D eigenvalue weighted by atomic mass is 19.1. The van der Waals surface area contributed by atoms with Crippen molar-refractivity contribution in [3.05, 3.63) is 83.9 Å². The molecule has 4 rings (SSSR count).